The average molecular weight is 565 g/mol. The maximum absolute atomic E-state index is 14.0. The van der Waals surface area contributed by atoms with Crippen LogP contribution in [-0.4, -0.2) is 47.9 Å². The van der Waals surface area contributed by atoms with Crippen LogP contribution in [0.15, 0.2) is 30.3 Å². The Morgan fingerprint density at radius 2 is 1.63 bits per heavy atom. The number of nitrogens with one attached hydrogen (secondary N) is 3. The summed E-state index contributed by atoms with van der Waals surface area (Å²) in [7, 11) is 0. The summed E-state index contributed by atoms with van der Waals surface area (Å²) in [6.45, 7) is 3.89. The van der Waals surface area contributed by atoms with E-state index < -0.39 is 5.82 Å². The second-order valence-corrected chi connectivity index (χ2v) is 12.8. The number of rotatable bonds is 7. The third-order valence-corrected chi connectivity index (χ3v) is 9.84. The number of nitrogens with zero attached hydrogens (tertiary/aromatic N) is 1. The highest BCUT2D eigenvalue weighted by Gasteiger charge is 2.38. The number of carbonyl (C=O) groups is 2. The second kappa shape index (κ2) is 14.5. The summed E-state index contributed by atoms with van der Waals surface area (Å²) < 4.78 is 14.0. The number of likely N-dealkylation sites (tertiary alicyclic amines) is 1. The third-order valence-electron chi connectivity index (χ3n) is 9.84. The third kappa shape index (κ3) is 7.59. The molecular weight excluding hydrogens is 515 g/mol. The number of aromatic amines is 1. The standard InChI is InChI=1S/C34H49FN4O2/c35-29-15-8-7-14-28(29)33(41)39-21-16-26(17-22-39)13-9-12-20-37-32(40)30-23-27-24-36-25-34(31(27)38-30)18-10-5-3-1-2-4-6-11-19-34/h7-8,14-15,23,26,36,38H,1-6,9-13,16-22,24-25H2,(H,37,40). The van der Waals surface area contributed by atoms with Crippen LogP contribution in [-0.2, 0) is 12.0 Å². The van der Waals surface area contributed by atoms with Crippen LogP contribution in [0.4, 0.5) is 4.39 Å². The zero-order chi connectivity index (χ0) is 28.5. The van der Waals surface area contributed by atoms with Crippen molar-refractivity contribution in [3.05, 3.63) is 58.7 Å². The number of hydrogen-bond acceptors (Lipinski definition) is 3. The Morgan fingerprint density at radius 3 is 2.34 bits per heavy atom. The molecule has 3 aliphatic rings. The highest BCUT2D eigenvalue weighted by atomic mass is 19.1. The van der Waals surface area contributed by atoms with Gasteiger partial charge in [-0.1, -0.05) is 76.3 Å². The second-order valence-electron chi connectivity index (χ2n) is 12.8. The fraction of sp³-hybridized carbons (Fsp3) is 0.647. The summed E-state index contributed by atoms with van der Waals surface area (Å²) in [6.07, 6.45) is 18.0. The van der Waals surface area contributed by atoms with Gasteiger partial charge in [-0.05, 0) is 61.8 Å². The molecule has 0 unspecified atom stereocenters. The number of H-pyrrole nitrogens is 1. The molecule has 5 rings (SSSR count). The van der Waals surface area contributed by atoms with Gasteiger partial charge in [0.2, 0.25) is 0 Å². The number of fused-ring (bicyclic) bond motifs is 2. The van der Waals surface area contributed by atoms with Crippen LogP contribution in [0.2, 0.25) is 0 Å². The summed E-state index contributed by atoms with van der Waals surface area (Å²) in [5.41, 5.74) is 3.60. The van der Waals surface area contributed by atoms with Gasteiger partial charge < -0.3 is 20.5 Å². The smallest absolute Gasteiger partial charge is 0.267 e. The Balaban J connectivity index is 1.05. The number of halogens is 1. The molecule has 0 bridgehead atoms. The molecular formula is C34H49FN4O2. The minimum absolute atomic E-state index is 0.00572. The molecule has 0 atom stereocenters. The number of hydrogen-bond donors (Lipinski definition) is 3. The van der Waals surface area contributed by atoms with Gasteiger partial charge in [0.25, 0.3) is 11.8 Å². The van der Waals surface area contributed by atoms with E-state index in [1.165, 1.54) is 81.5 Å². The zero-order valence-corrected chi connectivity index (χ0v) is 24.7. The molecule has 1 aliphatic carbocycles. The summed E-state index contributed by atoms with van der Waals surface area (Å²) in [5, 5.41) is 6.83. The van der Waals surface area contributed by atoms with Crippen LogP contribution in [0.25, 0.3) is 0 Å². The predicted molar refractivity (Wildman–Crippen MR) is 162 cm³/mol. The lowest BCUT2D eigenvalue weighted by atomic mass is 9.72. The molecule has 1 saturated carbocycles. The van der Waals surface area contributed by atoms with Gasteiger partial charge >= 0.3 is 0 Å². The first-order valence-corrected chi connectivity index (χ1v) is 16.3. The number of benzene rings is 1. The van der Waals surface area contributed by atoms with Crippen molar-refractivity contribution in [2.45, 2.75) is 108 Å². The maximum Gasteiger partial charge on any atom is 0.267 e. The quantitative estimate of drug-likeness (QED) is 0.322. The normalized spacial score (nSPS) is 20.3. The summed E-state index contributed by atoms with van der Waals surface area (Å²) in [4.78, 5) is 31.1. The number of unbranched alkanes of at least 4 members (excludes halogenated alkanes) is 1. The number of piperidine rings is 1. The van der Waals surface area contributed by atoms with Crippen molar-refractivity contribution in [1.82, 2.24) is 20.5 Å². The molecule has 2 fully saturated rings. The number of aromatic nitrogens is 1. The molecule has 6 nitrogen and oxygen atoms in total. The average Bonchev–Trinajstić information content (AvgIpc) is 3.42. The van der Waals surface area contributed by atoms with E-state index in [2.05, 4.69) is 21.7 Å². The Hall–Kier alpha value is -2.67. The van der Waals surface area contributed by atoms with Crippen LogP contribution >= 0.6 is 0 Å². The van der Waals surface area contributed by atoms with Gasteiger partial charge in [0.1, 0.15) is 11.5 Å². The summed E-state index contributed by atoms with van der Waals surface area (Å²) >= 11 is 0. The van der Waals surface area contributed by atoms with Gasteiger partial charge in [0.05, 0.1) is 5.56 Å². The van der Waals surface area contributed by atoms with Crippen molar-refractivity contribution >= 4 is 11.8 Å². The highest BCUT2D eigenvalue weighted by Crippen LogP contribution is 2.40. The van der Waals surface area contributed by atoms with E-state index in [0.29, 0.717) is 31.2 Å². The van der Waals surface area contributed by atoms with Crippen molar-refractivity contribution < 1.29 is 14.0 Å². The van der Waals surface area contributed by atoms with Gasteiger partial charge in [0.15, 0.2) is 0 Å². The summed E-state index contributed by atoms with van der Waals surface area (Å²) in [5.74, 6) is -0.0619. The Bertz CT molecular complexity index is 1140. The molecule has 2 aliphatic heterocycles. The van der Waals surface area contributed by atoms with Crippen LogP contribution < -0.4 is 10.6 Å². The molecule has 1 spiro atoms. The van der Waals surface area contributed by atoms with Crippen LogP contribution in [0.3, 0.4) is 0 Å². The Labute approximate surface area is 245 Å². The van der Waals surface area contributed by atoms with Crippen molar-refractivity contribution in [3.8, 4) is 0 Å². The minimum Gasteiger partial charge on any atom is -0.354 e. The van der Waals surface area contributed by atoms with Gasteiger partial charge in [-0.3, -0.25) is 9.59 Å². The monoisotopic (exact) mass is 564 g/mol. The first kappa shape index (κ1) is 29.8. The lowest BCUT2D eigenvalue weighted by Gasteiger charge is -2.38. The van der Waals surface area contributed by atoms with Gasteiger partial charge in [-0.25, -0.2) is 4.39 Å². The van der Waals surface area contributed by atoms with Gasteiger partial charge in [-0.2, -0.15) is 0 Å². The fourth-order valence-electron chi connectivity index (χ4n) is 7.38. The largest absolute Gasteiger partial charge is 0.354 e. The lowest BCUT2D eigenvalue weighted by molar-refractivity contribution is 0.0681. The first-order valence-electron chi connectivity index (χ1n) is 16.3. The van der Waals surface area contributed by atoms with Crippen LogP contribution in [0, 0.1) is 11.7 Å². The molecule has 7 heteroatoms. The molecule has 0 radical (unpaired) electrons. The van der Waals surface area contributed by atoms with E-state index in [9.17, 15) is 14.0 Å². The number of amides is 2. The Kier molecular flexibility index (Phi) is 10.5. The predicted octanol–water partition coefficient (Wildman–Crippen LogP) is 6.86. The molecule has 2 amide bonds. The van der Waals surface area contributed by atoms with Crippen molar-refractivity contribution in [3.63, 3.8) is 0 Å². The number of carbonyl (C=O) groups excluding carboxylic acids is 2. The SMILES string of the molecule is O=C(NCCCCC1CCN(C(=O)c2ccccc2F)CC1)c1cc2c([nH]1)C1(CCCCCCCCCC1)CNC2. The van der Waals surface area contributed by atoms with E-state index in [1.807, 2.05) is 0 Å². The van der Waals surface area contributed by atoms with Crippen molar-refractivity contribution in [2.75, 3.05) is 26.2 Å². The maximum atomic E-state index is 14.0. The minimum atomic E-state index is -0.446. The molecule has 2 aromatic rings. The molecule has 1 aromatic carbocycles. The van der Waals surface area contributed by atoms with Gasteiger partial charge in [-0.15, -0.1) is 0 Å². The van der Waals surface area contributed by atoms with E-state index in [0.717, 1.165) is 45.2 Å². The van der Waals surface area contributed by atoms with E-state index in [4.69, 9.17) is 0 Å². The van der Waals surface area contributed by atoms with Crippen molar-refractivity contribution in [2.24, 2.45) is 5.92 Å². The van der Waals surface area contributed by atoms with E-state index >= 15 is 0 Å². The fourth-order valence-corrected chi connectivity index (χ4v) is 7.38. The van der Waals surface area contributed by atoms with Crippen molar-refractivity contribution in [1.29, 1.82) is 0 Å². The molecule has 1 aromatic heterocycles. The molecule has 224 valence electrons. The highest BCUT2D eigenvalue weighted by molar-refractivity contribution is 5.94. The van der Waals surface area contributed by atoms with Gasteiger partial charge in [0, 0.05) is 43.8 Å². The first-order chi connectivity index (χ1) is 20.1. The molecule has 41 heavy (non-hydrogen) atoms. The topological polar surface area (TPSA) is 77.2 Å². The zero-order valence-electron chi connectivity index (χ0n) is 24.7. The lowest BCUT2D eigenvalue weighted by Crippen LogP contribution is -2.43. The van der Waals surface area contributed by atoms with E-state index in [1.54, 1.807) is 23.1 Å². The van der Waals surface area contributed by atoms with E-state index in [-0.39, 0.29) is 22.8 Å². The summed E-state index contributed by atoms with van der Waals surface area (Å²) in [6, 6.07) is 8.32. The molecule has 3 N–H and O–H groups in total. The molecule has 3 heterocycles. The van der Waals surface area contributed by atoms with Crippen LogP contribution in [0.5, 0.6) is 0 Å². The molecule has 1 saturated heterocycles. The van der Waals surface area contributed by atoms with Crippen LogP contribution in [0.1, 0.15) is 128 Å². The Morgan fingerprint density at radius 1 is 0.951 bits per heavy atom.